The molecular formula is C18H26N8OS. The smallest absolute Gasteiger partial charge is 0.240 e. The molecule has 2 aromatic rings. The number of aromatic nitrogens is 4. The van der Waals surface area contributed by atoms with E-state index in [1.54, 1.807) is 11.8 Å². The van der Waals surface area contributed by atoms with Crippen LogP contribution in [0.3, 0.4) is 0 Å². The Hall–Kier alpha value is -2.33. The minimum Gasteiger partial charge on any atom is -0.356 e. The van der Waals surface area contributed by atoms with E-state index >= 15 is 0 Å². The number of nitrogens with zero attached hydrogens (tertiary/aromatic N) is 7. The molecule has 1 amide bonds. The lowest BCUT2D eigenvalue weighted by Gasteiger charge is -2.36. The number of anilines is 3. The zero-order valence-corrected chi connectivity index (χ0v) is 16.9. The van der Waals surface area contributed by atoms with Gasteiger partial charge in [-0.25, -0.2) is 9.97 Å². The Balaban J connectivity index is 1.30. The van der Waals surface area contributed by atoms with Crippen LogP contribution < -0.4 is 15.1 Å². The van der Waals surface area contributed by atoms with E-state index in [0.29, 0.717) is 17.6 Å². The van der Waals surface area contributed by atoms with E-state index in [2.05, 4.69) is 53.2 Å². The molecule has 4 rings (SSSR count). The molecule has 2 aromatic heterocycles. The summed E-state index contributed by atoms with van der Waals surface area (Å²) in [6.45, 7) is 8.14. The monoisotopic (exact) mass is 402 g/mol. The van der Waals surface area contributed by atoms with Gasteiger partial charge in [-0.1, -0.05) is 18.3 Å². The highest BCUT2D eigenvalue weighted by atomic mass is 32.1. The summed E-state index contributed by atoms with van der Waals surface area (Å²) in [5.74, 6) is 2.66. The first-order valence-corrected chi connectivity index (χ1v) is 10.7. The molecule has 4 heterocycles. The molecule has 0 saturated carbocycles. The van der Waals surface area contributed by atoms with Crippen LogP contribution in [-0.2, 0) is 4.79 Å². The zero-order valence-electron chi connectivity index (χ0n) is 16.1. The van der Waals surface area contributed by atoms with Crippen LogP contribution in [0, 0.1) is 5.92 Å². The largest absolute Gasteiger partial charge is 0.356 e. The van der Waals surface area contributed by atoms with Crippen LogP contribution in [0.4, 0.5) is 16.8 Å². The Kier molecular flexibility index (Phi) is 5.96. The Morgan fingerprint density at radius 2 is 1.96 bits per heavy atom. The third-order valence-corrected chi connectivity index (χ3v) is 5.90. The second-order valence-corrected chi connectivity index (χ2v) is 8.32. The van der Waals surface area contributed by atoms with E-state index in [1.807, 2.05) is 0 Å². The summed E-state index contributed by atoms with van der Waals surface area (Å²) < 4.78 is 0. The molecule has 9 nitrogen and oxygen atoms in total. The summed E-state index contributed by atoms with van der Waals surface area (Å²) >= 11 is 1.32. The van der Waals surface area contributed by atoms with Gasteiger partial charge in [0.2, 0.25) is 11.0 Å². The van der Waals surface area contributed by atoms with Crippen molar-refractivity contribution >= 4 is 34.0 Å². The second-order valence-electron chi connectivity index (χ2n) is 7.48. The first kappa shape index (κ1) is 19.0. The van der Waals surface area contributed by atoms with Crippen molar-refractivity contribution in [1.82, 2.24) is 25.1 Å². The molecule has 1 atom stereocenters. The molecule has 10 heteroatoms. The van der Waals surface area contributed by atoms with Gasteiger partial charge in [-0.05, 0) is 18.8 Å². The molecule has 2 fully saturated rings. The summed E-state index contributed by atoms with van der Waals surface area (Å²) in [5.41, 5.74) is 1.61. The molecule has 0 spiro atoms. The highest BCUT2D eigenvalue weighted by Crippen LogP contribution is 2.24. The van der Waals surface area contributed by atoms with E-state index in [4.69, 9.17) is 0 Å². The fraction of sp³-hybridized carbons (Fsp3) is 0.611. The van der Waals surface area contributed by atoms with Crippen LogP contribution in [0.25, 0.3) is 0 Å². The highest BCUT2D eigenvalue weighted by molar-refractivity contribution is 7.13. The third kappa shape index (κ3) is 4.74. The number of piperazine rings is 1. The van der Waals surface area contributed by atoms with Crippen molar-refractivity contribution in [3.63, 3.8) is 0 Å². The minimum atomic E-state index is -0.0475. The number of carbonyl (C=O) groups excluding carboxylic acids is 1. The van der Waals surface area contributed by atoms with E-state index in [-0.39, 0.29) is 5.91 Å². The Bertz CT molecular complexity index is 778. The van der Waals surface area contributed by atoms with Gasteiger partial charge < -0.3 is 9.80 Å². The maximum atomic E-state index is 12.1. The van der Waals surface area contributed by atoms with Gasteiger partial charge in [-0.15, -0.1) is 10.2 Å². The van der Waals surface area contributed by atoms with Crippen LogP contribution in [0.2, 0.25) is 0 Å². The molecule has 2 aliphatic rings. The highest BCUT2D eigenvalue weighted by Gasteiger charge is 2.22. The molecule has 0 radical (unpaired) electrons. The second kappa shape index (κ2) is 8.78. The number of rotatable bonds is 5. The van der Waals surface area contributed by atoms with Crippen molar-refractivity contribution in [2.45, 2.75) is 19.8 Å². The number of piperidine rings is 1. The first-order chi connectivity index (χ1) is 13.7. The summed E-state index contributed by atoms with van der Waals surface area (Å²) in [5, 5.41) is 10.9. The van der Waals surface area contributed by atoms with Crippen molar-refractivity contribution < 1.29 is 4.79 Å². The molecular weight excluding hydrogens is 376 g/mol. The Morgan fingerprint density at radius 3 is 2.68 bits per heavy atom. The lowest BCUT2D eigenvalue weighted by Crippen LogP contribution is -2.49. The summed E-state index contributed by atoms with van der Waals surface area (Å²) in [6, 6.07) is 2.11. The quantitative estimate of drug-likeness (QED) is 0.801. The average Bonchev–Trinajstić information content (AvgIpc) is 3.21. The van der Waals surface area contributed by atoms with Crippen molar-refractivity contribution in [2.75, 3.05) is 60.9 Å². The minimum absolute atomic E-state index is 0.0475. The van der Waals surface area contributed by atoms with E-state index in [1.165, 1.54) is 24.2 Å². The predicted octanol–water partition coefficient (Wildman–Crippen LogP) is 1.33. The molecule has 0 aliphatic carbocycles. The van der Waals surface area contributed by atoms with Gasteiger partial charge in [-0.2, -0.15) is 0 Å². The van der Waals surface area contributed by atoms with Crippen LogP contribution in [0.5, 0.6) is 0 Å². The van der Waals surface area contributed by atoms with Gasteiger partial charge in [0.25, 0.3) is 0 Å². The molecule has 0 aromatic carbocycles. The topological polar surface area (TPSA) is 90.4 Å². The number of nitrogens with one attached hydrogen (secondary N) is 1. The Labute approximate surface area is 168 Å². The average molecular weight is 403 g/mol. The molecule has 2 aliphatic heterocycles. The zero-order chi connectivity index (χ0) is 19.3. The number of carbonyl (C=O) groups is 1. The van der Waals surface area contributed by atoms with Gasteiger partial charge in [0.15, 0.2) is 0 Å². The van der Waals surface area contributed by atoms with Crippen molar-refractivity contribution in [1.29, 1.82) is 0 Å². The third-order valence-electron chi connectivity index (χ3n) is 5.29. The summed E-state index contributed by atoms with van der Waals surface area (Å²) in [6.07, 6.45) is 4.19. The molecule has 28 heavy (non-hydrogen) atoms. The normalized spacial score (nSPS) is 21.0. The standard InChI is InChI=1S/C18H26N8OS/c1-14-3-2-4-26(10-14)16-9-15(19-12-20-16)25-7-5-24(6-8-25)11-17(27)22-18-23-21-13-28-18/h9,12-14H,2-8,10-11H2,1H3,(H,22,23,27). The fourth-order valence-electron chi connectivity index (χ4n) is 3.81. The van der Waals surface area contributed by atoms with Crippen molar-refractivity contribution in [3.05, 3.63) is 17.9 Å². The molecule has 1 N–H and O–H groups in total. The van der Waals surface area contributed by atoms with Crippen LogP contribution in [0.15, 0.2) is 17.9 Å². The van der Waals surface area contributed by atoms with Gasteiger partial charge in [0, 0.05) is 45.3 Å². The molecule has 1 unspecified atom stereocenters. The van der Waals surface area contributed by atoms with Crippen LogP contribution >= 0.6 is 11.3 Å². The lowest BCUT2D eigenvalue weighted by atomic mass is 10.0. The summed E-state index contributed by atoms with van der Waals surface area (Å²) in [4.78, 5) is 27.9. The maximum absolute atomic E-state index is 12.1. The predicted molar refractivity (Wildman–Crippen MR) is 110 cm³/mol. The van der Waals surface area contributed by atoms with Gasteiger partial charge in [0.05, 0.1) is 6.54 Å². The number of hydrogen-bond acceptors (Lipinski definition) is 9. The lowest BCUT2D eigenvalue weighted by molar-refractivity contribution is -0.117. The van der Waals surface area contributed by atoms with E-state index < -0.39 is 0 Å². The van der Waals surface area contributed by atoms with Gasteiger partial charge in [0.1, 0.15) is 23.5 Å². The SMILES string of the molecule is CC1CCCN(c2cc(N3CCN(CC(=O)Nc4nncs4)CC3)ncn2)C1. The number of amides is 1. The van der Waals surface area contributed by atoms with Crippen LogP contribution in [0.1, 0.15) is 19.8 Å². The van der Waals surface area contributed by atoms with Crippen molar-refractivity contribution in [3.8, 4) is 0 Å². The van der Waals surface area contributed by atoms with E-state index in [0.717, 1.165) is 50.9 Å². The maximum Gasteiger partial charge on any atom is 0.240 e. The molecule has 150 valence electrons. The Morgan fingerprint density at radius 1 is 1.18 bits per heavy atom. The molecule has 2 saturated heterocycles. The number of hydrogen-bond donors (Lipinski definition) is 1. The van der Waals surface area contributed by atoms with Gasteiger partial charge in [-0.3, -0.25) is 15.0 Å². The van der Waals surface area contributed by atoms with E-state index in [9.17, 15) is 4.79 Å². The van der Waals surface area contributed by atoms with Crippen LogP contribution in [-0.4, -0.2) is 76.8 Å². The van der Waals surface area contributed by atoms with Gasteiger partial charge >= 0.3 is 0 Å². The fourth-order valence-corrected chi connectivity index (χ4v) is 4.27. The molecule has 0 bridgehead atoms. The summed E-state index contributed by atoms with van der Waals surface area (Å²) in [7, 11) is 0. The first-order valence-electron chi connectivity index (χ1n) is 9.77. The van der Waals surface area contributed by atoms with Crippen molar-refractivity contribution in [2.24, 2.45) is 5.92 Å².